The lowest BCUT2D eigenvalue weighted by Crippen LogP contribution is -2.44. The molecular formula is C23H30ClN. The molecule has 1 nitrogen and oxygen atoms in total. The first kappa shape index (κ1) is 19.8. The fraction of sp³-hybridized carbons (Fsp3) is 0.391. The summed E-state index contributed by atoms with van der Waals surface area (Å²) in [6.07, 6.45) is 9.70. The van der Waals surface area contributed by atoms with Crippen LogP contribution in [0.5, 0.6) is 0 Å². The van der Waals surface area contributed by atoms with Crippen molar-refractivity contribution >= 4 is 18.5 Å². The Hall–Kier alpha value is -1.57. The third-order valence-corrected chi connectivity index (χ3v) is 5.66. The Balaban J connectivity index is 0.00000225. The summed E-state index contributed by atoms with van der Waals surface area (Å²) in [5, 5.41) is 0. The van der Waals surface area contributed by atoms with Gasteiger partial charge in [0.25, 0.3) is 0 Å². The molecule has 0 atom stereocenters. The van der Waals surface area contributed by atoms with Gasteiger partial charge in [-0.25, -0.2) is 0 Å². The second-order valence-corrected chi connectivity index (χ2v) is 7.40. The van der Waals surface area contributed by atoms with E-state index in [0.717, 1.165) is 0 Å². The van der Waals surface area contributed by atoms with Gasteiger partial charge in [0.1, 0.15) is 0 Å². The molecule has 0 aromatic heterocycles. The minimum atomic E-state index is 0. The first-order chi connectivity index (χ1) is 11.6. The molecule has 2 heteroatoms. The fourth-order valence-corrected chi connectivity index (χ4v) is 3.98. The van der Waals surface area contributed by atoms with Crippen LogP contribution in [0.3, 0.4) is 0 Å². The Morgan fingerprint density at radius 2 is 1.52 bits per heavy atom. The van der Waals surface area contributed by atoms with Crippen molar-refractivity contribution in [2.75, 3.05) is 14.1 Å². The first-order valence-corrected chi connectivity index (χ1v) is 9.08. The molecule has 0 aliphatic heterocycles. The number of halogens is 1. The van der Waals surface area contributed by atoms with Crippen molar-refractivity contribution in [3.8, 4) is 0 Å². The Bertz CT molecular complexity index is 665. The highest BCUT2D eigenvalue weighted by molar-refractivity contribution is 5.85. The molecule has 1 fully saturated rings. The number of rotatable bonds is 4. The lowest BCUT2D eigenvalue weighted by atomic mass is 9.72. The highest BCUT2D eigenvalue weighted by Crippen LogP contribution is 2.43. The van der Waals surface area contributed by atoms with E-state index in [2.05, 4.69) is 92.7 Å². The molecule has 0 bridgehead atoms. The highest BCUT2D eigenvalue weighted by Gasteiger charge is 2.37. The number of nitrogens with zero attached hydrogens (tertiary/aromatic N) is 1. The highest BCUT2D eigenvalue weighted by atomic mass is 35.5. The number of hydrogen-bond donors (Lipinski definition) is 0. The van der Waals surface area contributed by atoms with Gasteiger partial charge in [-0.3, -0.25) is 4.90 Å². The van der Waals surface area contributed by atoms with Crippen LogP contribution in [-0.4, -0.2) is 19.0 Å². The first-order valence-electron chi connectivity index (χ1n) is 9.08. The predicted molar refractivity (Wildman–Crippen MR) is 111 cm³/mol. The fourth-order valence-electron chi connectivity index (χ4n) is 3.98. The Morgan fingerprint density at radius 3 is 2.08 bits per heavy atom. The van der Waals surface area contributed by atoms with E-state index in [9.17, 15) is 0 Å². The van der Waals surface area contributed by atoms with Crippen molar-refractivity contribution in [2.24, 2.45) is 5.92 Å². The summed E-state index contributed by atoms with van der Waals surface area (Å²) < 4.78 is 0. The van der Waals surface area contributed by atoms with E-state index >= 15 is 0 Å². The van der Waals surface area contributed by atoms with Crippen molar-refractivity contribution in [1.29, 1.82) is 0 Å². The predicted octanol–water partition coefficient (Wildman–Crippen LogP) is 6.08. The maximum absolute atomic E-state index is 2.43. The Morgan fingerprint density at radius 1 is 0.920 bits per heavy atom. The van der Waals surface area contributed by atoms with E-state index in [1.165, 1.54) is 42.4 Å². The van der Waals surface area contributed by atoms with E-state index < -0.39 is 0 Å². The summed E-state index contributed by atoms with van der Waals surface area (Å²) in [5.74, 6) is 0.697. The van der Waals surface area contributed by atoms with Gasteiger partial charge < -0.3 is 0 Å². The molecular weight excluding hydrogens is 326 g/mol. The SMILES string of the molecule is Cc1ccc(C=CC2CCC(c3ccccc3)(N(C)C)CC2)cc1.Cl. The van der Waals surface area contributed by atoms with Crippen LogP contribution in [0.1, 0.15) is 42.4 Å². The molecule has 0 radical (unpaired) electrons. The molecule has 0 unspecified atom stereocenters. The summed E-state index contributed by atoms with van der Waals surface area (Å²) in [6.45, 7) is 2.14. The molecule has 1 aliphatic carbocycles. The van der Waals surface area contributed by atoms with Crippen molar-refractivity contribution in [1.82, 2.24) is 4.90 Å². The molecule has 1 aliphatic rings. The van der Waals surface area contributed by atoms with Crippen LogP contribution in [0.15, 0.2) is 60.7 Å². The van der Waals surface area contributed by atoms with Gasteiger partial charge in [-0.05, 0) is 63.7 Å². The molecule has 134 valence electrons. The number of aryl methyl sites for hydroxylation is 1. The van der Waals surface area contributed by atoms with Crippen molar-refractivity contribution in [3.63, 3.8) is 0 Å². The van der Waals surface area contributed by atoms with Gasteiger partial charge in [0.2, 0.25) is 0 Å². The number of hydrogen-bond acceptors (Lipinski definition) is 1. The Labute approximate surface area is 159 Å². The van der Waals surface area contributed by atoms with Crippen molar-refractivity contribution in [3.05, 3.63) is 77.4 Å². The van der Waals surface area contributed by atoms with E-state index in [1.807, 2.05) is 0 Å². The lowest BCUT2D eigenvalue weighted by molar-refractivity contribution is 0.0863. The van der Waals surface area contributed by atoms with Crippen molar-refractivity contribution in [2.45, 2.75) is 38.1 Å². The third-order valence-electron chi connectivity index (χ3n) is 5.66. The molecule has 0 saturated heterocycles. The molecule has 0 N–H and O–H groups in total. The zero-order valence-corrected chi connectivity index (χ0v) is 16.4. The van der Waals surface area contributed by atoms with Gasteiger partial charge in [0.05, 0.1) is 0 Å². The number of allylic oxidation sites excluding steroid dienone is 1. The van der Waals surface area contributed by atoms with E-state index in [1.54, 1.807) is 0 Å². The number of benzene rings is 2. The zero-order chi connectivity index (χ0) is 17.0. The summed E-state index contributed by atoms with van der Waals surface area (Å²) in [7, 11) is 4.46. The molecule has 3 rings (SSSR count). The molecule has 0 amide bonds. The quantitative estimate of drug-likeness (QED) is 0.642. The minimum Gasteiger partial charge on any atom is -0.300 e. The van der Waals surface area contributed by atoms with Crippen LogP contribution in [0, 0.1) is 12.8 Å². The monoisotopic (exact) mass is 355 g/mol. The summed E-state index contributed by atoms with van der Waals surface area (Å²) in [6, 6.07) is 19.8. The van der Waals surface area contributed by atoms with Crippen LogP contribution in [-0.2, 0) is 5.54 Å². The van der Waals surface area contributed by atoms with Crippen LogP contribution in [0.4, 0.5) is 0 Å². The van der Waals surface area contributed by atoms with Gasteiger partial charge in [-0.15, -0.1) is 12.4 Å². The molecule has 2 aromatic rings. The maximum atomic E-state index is 2.43. The topological polar surface area (TPSA) is 3.24 Å². The normalized spacial score (nSPS) is 23.6. The minimum absolute atomic E-state index is 0. The molecule has 1 saturated carbocycles. The largest absolute Gasteiger partial charge is 0.300 e. The lowest BCUT2D eigenvalue weighted by Gasteiger charge is -2.45. The van der Waals surface area contributed by atoms with Crippen LogP contribution < -0.4 is 0 Å². The summed E-state index contributed by atoms with van der Waals surface area (Å²) in [4.78, 5) is 2.43. The van der Waals surface area contributed by atoms with Crippen LogP contribution >= 0.6 is 12.4 Å². The third kappa shape index (κ3) is 4.54. The molecule has 25 heavy (non-hydrogen) atoms. The van der Waals surface area contributed by atoms with E-state index in [4.69, 9.17) is 0 Å². The second-order valence-electron chi connectivity index (χ2n) is 7.40. The second kappa shape index (κ2) is 8.69. The molecule has 0 heterocycles. The summed E-state index contributed by atoms with van der Waals surface area (Å²) in [5.41, 5.74) is 4.31. The smallest absolute Gasteiger partial charge is 0.0455 e. The average Bonchev–Trinajstić information content (AvgIpc) is 2.62. The van der Waals surface area contributed by atoms with Gasteiger partial charge in [-0.2, -0.15) is 0 Å². The molecule has 0 spiro atoms. The Kier molecular flexibility index (Phi) is 6.87. The standard InChI is InChI=1S/C23H29N.ClH/c1-19-9-11-20(12-10-19)13-14-21-15-17-23(18-16-21,24(2)3)22-7-5-4-6-8-22;/h4-14,21H,15-18H2,1-3H3;1H. The van der Waals surface area contributed by atoms with Gasteiger partial charge >= 0.3 is 0 Å². The van der Waals surface area contributed by atoms with Crippen LogP contribution in [0.2, 0.25) is 0 Å². The zero-order valence-electron chi connectivity index (χ0n) is 15.6. The maximum Gasteiger partial charge on any atom is 0.0455 e. The van der Waals surface area contributed by atoms with Gasteiger partial charge in [-0.1, -0.05) is 72.3 Å². The van der Waals surface area contributed by atoms with E-state index in [-0.39, 0.29) is 17.9 Å². The van der Waals surface area contributed by atoms with Crippen molar-refractivity contribution < 1.29 is 0 Å². The molecule has 2 aromatic carbocycles. The van der Waals surface area contributed by atoms with Gasteiger partial charge in [0, 0.05) is 5.54 Å². The summed E-state index contributed by atoms with van der Waals surface area (Å²) >= 11 is 0. The van der Waals surface area contributed by atoms with Gasteiger partial charge in [0.15, 0.2) is 0 Å². The van der Waals surface area contributed by atoms with E-state index in [0.29, 0.717) is 5.92 Å². The van der Waals surface area contributed by atoms with Crippen LogP contribution in [0.25, 0.3) is 6.08 Å². The average molecular weight is 356 g/mol.